The summed E-state index contributed by atoms with van der Waals surface area (Å²) in [6, 6.07) is 0. The highest BCUT2D eigenvalue weighted by Crippen LogP contribution is 2.17. The molecule has 0 amide bonds. The number of carbonyl (C=O) groups is 1. The van der Waals surface area contributed by atoms with Crippen LogP contribution in [0.3, 0.4) is 0 Å². The third-order valence-electron chi connectivity index (χ3n) is 3.07. The minimum absolute atomic E-state index is 0.225. The van der Waals surface area contributed by atoms with Crippen LogP contribution in [0.15, 0.2) is 0 Å². The lowest BCUT2D eigenvalue weighted by molar-refractivity contribution is -0.127. The van der Waals surface area contributed by atoms with E-state index in [0.717, 1.165) is 26.2 Å². The Bertz CT molecular complexity index is 227. The van der Waals surface area contributed by atoms with Crippen LogP contribution in [0.1, 0.15) is 33.6 Å². The number of rotatable bonds is 4. The first-order valence-corrected chi connectivity index (χ1v) is 6.19. The van der Waals surface area contributed by atoms with Gasteiger partial charge >= 0.3 is 0 Å². The van der Waals surface area contributed by atoms with E-state index in [-0.39, 0.29) is 5.41 Å². The van der Waals surface area contributed by atoms with E-state index in [1.165, 1.54) is 6.42 Å². The molecule has 0 aromatic rings. The van der Waals surface area contributed by atoms with Gasteiger partial charge in [-0.05, 0) is 25.8 Å². The molecule has 1 atom stereocenters. The van der Waals surface area contributed by atoms with Crippen molar-refractivity contribution in [3.05, 3.63) is 0 Å². The SMILES string of the molecule is CN(CC(=O)C(C)(C)C)CC1CCCOC1. The standard InChI is InChI=1S/C13H25NO2/c1-13(2,3)12(15)9-14(4)8-11-6-5-7-16-10-11/h11H,5-10H2,1-4H3. The summed E-state index contributed by atoms with van der Waals surface area (Å²) >= 11 is 0. The van der Waals surface area contributed by atoms with Crippen molar-refractivity contribution >= 4 is 5.78 Å². The predicted molar refractivity (Wildman–Crippen MR) is 65.5 cm³/mol. The molecular formula is C13H25NO2. The monoisotopic (exact) mass is 227 g/mol. The summed E-state index contributed by atoms with van der Waals surface area (Å²) in [7, 11) is 2.03. The van der Waals surface area contributed by atoms with Crippen molar-refractivity contribution in [2.24, 2.45) is 11.3 Å². The molecule has 0 N–H and O–H groups in total. The highest BCUT2D eigenvalue weighted by molar-refractivity contribution is 5.85. The summed E-state index contributed by atoms with van der Waals surface area (Å²) in [5, 5.41) is 0. The Balaban J connectivity index is 2.29. The molecule has 1 fully saturated rings. The fraction of sp³-hybridized carbons (Fsp3) is 0.923. The van der Waals surface area contributed by atoms with Crippen molar-refractivity contribution in [1.29, 1.82) is 0 Å². The lowest BCUT2D eigenvalue weighted by Crippen LogP contribution is -2.37. The molecule has 0 aromatic heterocycles. The summed E-state index contributed by atoms with van der Waals surface area (Å²) in [6.45, 7) is 9.23. The summed E-state index contributed by atoms with van der Waals surface area (Å²) in [4.78, 5) is 14.0. The van der Waals surface area contributed by atoms with E-state index < -0.39 is 0 Å². The van der Waals surface area contributed by atoms with Crippen LogP contribution < -0.4 is 0 Å². The molecule has 0 aromatic carbocycles. The Morgan fingerprint density at radius 2 is 2.12 bits per heavy atom. The fourth-order valence-electron chi connectivity index (χ4n) is 1.94. The van der Waals surface area contributed by atoms with E-state index >= 15 is 0 Å². The van der Waals surface area contributed by atoms with Crippen molar-refractivity contribution < 1.29 is 9.53 Å². The van der Waals surface area contributed by atoms with Gasteiger partial charge in [0.05, 0.1) is 13.2 Å². The van der Waals surface area contributed by atoms with Crippen LogP contribution in [-0.4, -0.2) is 44.0 Å². The predicted octanol–water partition coefficient (Wildman–Crippen LogP) is 1.96. The van der Waals surface area contributed by atoms with Crippen molar-refractivity contribution in [3.63, 3.8) is 0 Å². The van der Waals surface area contributed by atoms with Gasteiger partial charge in [-0.25, -0.2) is 0 Å². The van der Waals surface area contributed by atoms with Crippen molar-refractivity contribution in [1.82, 2.24) is 4.90 Å². The Labute approximate surface area is 99.1 Å². The van der Waals surface area contributed by atoms with Gasteiger partial charge in [-0.2, -0.15) is 0 Å². The average Bonchev–Trinajstić information content (AvgIpc) is 2.17. The maximum atomic E-state index is 11.8. The summed E-state index contributed by atoms with van der Waals surface area (Å²) in [5.74, 6) is 0.915. The molecule has 1 aliphatic heterocycles. The van der Waals surface area contributed by atoms with E-state index in [4.69, 9.17) is 4.74 Å². The number of hydrogen-bond donors (Lipinski definition) is 0. The zero-order chi connectivity index (χ0) is 12.2. The summed E-state index contributed by atoms with van der Waals surface area (Å²) in [6.07, 6.45) is 2.39. The Morgan fingerprint density at radius 3 is 2.62 bits per heavy atom. The van der Waals surface area contributed by atoms with Gasteiger partial charge in [-0.1, -0.05) is 20.8 Å². The Hall–Kier alpha value is -0.410. The zero-order valence-electron chi connectivity index (χ0n) is 11.1. The minimum atomic E-state index is -0.225. The summed E-state index contributed by atoms with van der Waals surface area (Å²) in [5.41, 5.74) is -0.225. The molecule has 3 heteroatoms. The van der Waals surface area contributed by atoms with Crippen LogP contribution in [0.25, 0.3) is 0 Å². The number of likely N-dealkylation sites (N-methyl/N-ethyl adjacent to an activating group) is 1. The Morgan fingerprint density at radius 1 is 1.44 bits per heavy atom. The normalized spacial score (nSPS) is 22.4. The first-order chi connectivity index (χ1) is 7.39. The van der Waals surface area contributed by atoms with Gasteiger partial charge in [0.15, 0.2) is 5.78 Å². The van der Waals surface area contributed by atoms with Gasteiger partial charge in [-0.15, -0.1) is 0 Å². The van der Waals surface area contributed by atoms with Gasteiger partial charge in [0.25, 0.3) is 0 Å². The molecule has 0 radical (unpaired) electrons. The molecule has 0 aliphatic carbocycles. The van der Waals surface area contributed by atoms with Crippen molar-refractivity contribution in [3.8, 4) is 0 Å². The van der Waals surface area contributed by atoms with Gasteiger partial charge < -0.3 is 4.74 Å². The van der Waals surface area contributed by atoms with E-state index in [9.17, 15) is 4.79 Å². The topological polar surface area (TPSA) is 29.5 Å². The highest BCUT2D eigenvalue weighted by Gasteiger charge is 2.23. The molecule has 0 saturated carbocycles. The van der Waals surface area contributed by atoms with Crippen molar-refractivity contribution in [2.45, 2.75) is 33.6 Å². The molecule has 3 nitrogen and oxygen atoms in total. The Kier molecular flexibility index (Phi) is 4.93. The molecule has 1 heterocycles. The van der Waals surface area contributed by atoms with Crippen LogP contribution in [0.5, 0.6) is 0 Å². The summed E-state index contributed by atoms with van der Waals surface area (Å²) < 4.78 is 5.44. The van der Waals surface area contributed by atoms with Gasteiger partial charge in [0, 0.05) is 18.6 Å². The molecule has 1 saturated heterocycles. The average molecular weight is 227 g/mol. The minimum Gasteiger partial charge on any atom is -0.381 e. The molecule has 0 bridgehead atoms. The lowest BCUT2D eigenvalue weighted by atomic mass is 9.90. The smallest absolute Gasteiger partial charge is 0.152 e. The number of Topliss-reactive ketones (excluding diaryl/α,β-unsaturated/α-hetero) is 1. The molecule has 1 aliphatic rings. The quantitative estimate of drug-likeness (QED) is 0.735. The molecular weight excluding hydrogens is 202 g/mol. The number of hydrogen-bond acceptors (Lipinski definition) is 3. The first-order valence-electron chi connectivity index (χ1n) is 6.19. The second-order valence-electron chi connectivity index (χ2n) is 5.95. The maximum Gasteiger partial charge on any atom is 0.152 e. The zero-order valence-corrected chi connectivity index (χ0v) is 11.1. The lowest BCUT2D eigenvalue weighted by Gasteiger charge is -2.28. The van der Waals surface area contributed by atoms with E-state index in [1.807, 2.05) is 27.8 Å². The van der Waals surface area contributed by atoms with E-state index in [0.29, 0.717) is 18.2 Å². The molecule has 16 heavy (non-hydrogen) atoms. The highest BCUT2D eigenvalue weighted by atomic mass is 16.5. The molecule has 1 rings (SSSR count). The number of ether oxygens (including phenoxy) is 1. The fourth-order valence-corrected chi connectivity index (χ4v) is 1.94. The number of carbonyl (C=O) groups excluding carboxylic acids is 1. The molecule has 0 spiro atoms. The third kappa shape index (κ3) is 4.62. The van der Waals surface area contributed by atoms with Crippen LogP contribution in [0.2, 0.25) is 0 Å². The van der Waals surface area contributed by atoms with Crippen LogP contribution in [0, 0.1) is 11.3 Å². The third-order valence-corrected chi connectivity index (χ3v) is 3.07. The van der Waals surface area contributed by atoms with Gasteiger partial charge in [0.2, 0.25) is 0 Å². The largest absolute Gasteiger partial charge is 0.381 e. The second kappa shape index (κ2) is 5.78. The molecule has 94 valence electrons. The van der Waals surface area contributed by atoms with E-state index in [1.54, 1.807) is 0 Å². The van der Waals surface area contributed by atoms with Crippen LogP contribution in [-0.2, 0) is 9.53 Å². The number of nitrogens with zero attached hydrogens (tertiary/aromatic N) is 1. The van der Waals surface area contributed by atoms with Crippen molar-refractivity contribution in [2.75, 3.05) is 33.4 Å². The van der Waals surface area contributed by atoms with Crippen LogP contribution >= 0.6 is 0 Å². The molecule has 1 unspecified atom stereocenters. The van der Waals surface area contributed by atoms with Gasteiger partial charge in [-0.3, -0.25) is 9.69 Å². The van der Waals surface area contributed by atoms with Gasteiger partial charge in [0.1, 0.15) is 0 Å². The maximum absolute atomic E-state index is 11.8. The van der Waals surface area contributed by atoms with Crippen LogP contribution in [0.4, 0.5) is 0 Å². The first kappa shape index (κ1) is 13.7. The number of ketones is 1. The van der Waals surface area contributed by atoms with E-state index in [2.05, 4.69) is 4.90 Å². The second-order valence-corrected chi connectivity index (χ2v) is 5.95.